The number of benzene rings is 4. The van der Waals surface area contributed by atoms with Crippen LogP contribution in [0.25, 0.3) is 16.0 Å². The molecule has 0 aliphatic carbocycles. The summed E-state index contributed by atoms with van der Waals surface area (Å²) in [4.78, 5) is 33.7. The van der Waals surface area contributed by atoms with E-state index in [0.29, 0.717) is 58.0 Å². The predicted molar refractivity (Wildman–Crippen MR) is 175 cm³/mol. The maximum atomic E-state index is 13.8. The second-order valence-corrected chi connectivity index (χ2v) is 11.5. The summed E-state index contributed by atoms with van der Waals surface area (Å²) in [6.07, 6.45) is 1.87. The molecule has 1 unspecified atom stereocenters. The number of thiazole rings is 1. The molecule has 1 aliphatic heterocycles. The van der Waals surface area contributed by atoms with Crippen LogP contribution in [-0.4, -0.2) is 35.0 Å². The number of ether oxygens (including phenoxy) is 3. The lowest BCUT2D eigenvalue weighted by molar-refractivity contribution is -0.132. The third kappa shape index (κ3) is 6.25. The van der Waals surface area contributed by atoms with Crippen LogP contribution in [0.3, 0.4) is 0 Å². The topological polar surface area (TPSA) is 98.2 Å². The van der Waals surface area contributed by atoms with E-state index in [1.54, 1.807) is 48.5 Å². The zero-order valence-electron chi connectivity index (χ0n) is 24.9. The van der Waals surface area contributed by atoms with E-state index in [9.17, 15) is 14.7 Å². The number of anilines is 1. The Bertz CT molecular complexity index is 1880. The van der Waals surface area contributed by atoms with E-state index in [2.05, 4.69) is 6.92 Å². The number of hydrogen-bond donors (Lipinski definition) is 1. The van der Waals surface area contributed by atoms with Crippen LogP contribution in [0.5, 0.6) is 23.0 Å². The molecule has 2 heterocycles. The number of unbranched alkanes of at least 4 members (excludes halogenated alkanes) is 1. The summed E-state index contributed by atoms with van der Waals surface area (Å²) in [7, 11) is 0. The molecular formula is C36H32N2O6S. The van der Waals surface area contributed by atoms with Crippen molar-refractivity contribution >= 4 is 44.1 Å². The molecule has 1 N–H and O–H groups in total. The van der Waals surface area contributed by atoms with Gasteiger partial charge in [-0.3, -0.25) is 14.5 Å². The number of hydrogen-bond acceptors (Lipinski definition) is 8. The van der Waals surface area contributed by atoms with Gasteiger partial charge in [0, 0.05) is 5.56 Å². The quantitative estimate of drug-likeness (QED) is 0.0687. The first-order valence-electron chi connectivity index (χ1n) is 14.9. The van der Waals surface area contributed by atoms with E-state index < -0.39 is 17.7 Å². The molecule has 45 heavy (non-hydrogen) atoms. The molecule has 1 saturated heterocycles. The van der Waals surface area contributed by atoms with Crippen molar-refractivity contribution in [2.75, 3.05) is 18.1 Å². The molecule has 1 atom stereocenters. The number of carbonyl (C=O) groups excluding carboxylic acids is 2. The normalized spacial score (nSPS) is 15.9. The smallest absolute Gasteiger partial charge is 0.301 e. The third-order valence-electron chi connectivity index (χ3n) is 7.34. The van der Waals surface area contributed by atoms with Crippen LogP contribution in [0.15, 0.2) is 103 Å². The van der Waals surface area contributed by atoms with Crippen LogP contribution in [0, 0.1) is 0 Å². The minimum Gasteiger partial charge on any atom is -0.507 e. The van der Waals surface area contributed by atoms with Crippen molar-refractivity contribution in [3.05, 3.63) is 114 Å². The van der Waals surface area contributed by atoms with Crippen LogP contribution in [0.2, 0.25) is 0 Å². The first kappa shape index (κ1) is 29.9. The highest BCUT2D eigenvalue weighted by Gasteiger charge is 2.48. The van der Waals surface area contributed by atoms with E-state index in [0.717, 1.165) is 17.5 Å². The summed E-state index contributed by atoms with van der Waals surface area (Å²) in [5.74, 6) is 0.518. The summed E-state index contributed by atoms with van der Waals surface area (Å²) in [6, 6.07) is 27.9. The number of aromatic nitrogens is 1. The maximum Gasteiger partial charge on any atom is 0.301 e. The second-order valence-electron chi connectivity index (χ2n) is 10.4. The van der Waals surface area contributed by atoms with Crippen molar-refractivity contribution in [3.8, 4) is 23.0 Å². The van der Waals surface area contributed by atoms with Crippen LogP contribution in [0.1, 0.15) is 43.9 Å². The summed E-state index contributed by atoms with van der Waals surface area (Å²) in [5.41, 5.74) is 1.57. The lowest BCUT2D eigenvalue weighted by Gasteiger charge is -2.23. The van der Waals surface area contributed by atoms with Gasteiger partial charge in [0.2, 0.25) is 0 Å². The van der Waals surface area contributed by atoms with Crippen molar-refractivity contribution in [2.45, 2.75) is 32.7 Å². The van der Waals surface area contributed by atoms with Crippen LogP contribution in [0.4, 0.5) is 5.13 Å². The number of para-hydroxylation sites is 1. The molecule has 5 aromatic rings. The highest BCUT2D eigenvalue weighted by molar-refractivity contribution is 7.22. The van der Waals surface area contributed by atoms with Gasteiger partial charge in [0.05, 0.1) is 35.0 Å². The van der Waals surface area contributed by atoms with Gasteiger partial charge in [0.1, 0.15) is 28.8 Å². The molecule has 0 spiro atoms. The van der Waals surface area contributed by atoms with E-state index in [4.69, 9.17) is 19.2 Å². The minimum absolute atomic E-state index is 0.0446. The standard InChI is InChI=1S/C36H32N2O6S/c1-3-5-19-43-26-15-10-12-24(21-26)33(39)31-32(23-11-9-16-28(20-23)44-25-13-7-6-8-14-25)38(35(41)34(31)40)36-37-29-18-17-27(42-4-2)22-30(29)45-36/h6-18,20-22,32,39H,3-5,19H2,1-2H3. The van der Waals surface area contributed by atoms with Crippen molar-refractivity contribution in [3.63, 3.8) is 0 Å². The third-order valence-corrected chi connectivity index (χ3v) is 8.35. The Balaban J connectivity index is 1.47. The lowest BCUT2D eigenvalue weighted by Crippen LogP contribution is -2.29. The van der Waals surface area contributed by atoms with Gasteiger partial charge in [0.15, 0.2) is 5.13 Å². The number of carbonyl (C=O) groups is 2. The van der Waals surface area contributed by atoms with E-state index in [-0.39, 0.29) is 11.3 Å². The maximum absolute atomic E-state index is 13.8. The summed E-state index contributed by atoms with van der Waals surface area (Å²) >= 11 is 1.28. The zero-order chi connectivity index (χ0) is 31.3. The SMILES string of the molecule is CCCCOc1cccc(C(O)=C2C(=O)C(=O)N(c3nc4ccc(OCC)cc4s3)C2c2cccc(Oc3ccccc3)c2)c1. The number of aliphatic hydroxyl groups excluding tert-OH is 1. The van der Waals surface area contributed by atoms with Crippen molar-refractivity contribution in [1.82, 2.24) is 4.98 Å². The van der Waals surface area contributed by atoms with E-state index in [1.165, 1.54) is 16.2 Å². The van der Waals surface area contributed by atoms with Gasteiger partial charge in [-0.1, -0.05) is 67.1 Å². The molecule has 0 radical (unpaired) electrons. The Kier molecular flexibility index (Phi) is 8.79. The molecule has 1 amide bonds. The van der Waals surface area contributed by atoms with Crippen LogP contribution >= 0.6 is 11.3 Å². The Morgan fingerprint density at radius 1 is 0.844 bits per heavy atom. The molecule has 1 aromatic heterocycles. The van der Waals surface area contributed by atoms with Gasteiger partial charge in [0.25, 0.3) is 5.78 Å². The van der Waals surface area contributed by atoms with Gasteiger partial charge >= 0.3 is 5.91 Å². The first-order chi connectivity index (χ1) is 22.0. The largest absolute Gasteiger partial charge is 0.507 e. The molecule has 0 bridgehead atoms. The van der Waals surface area contributed by atoms with Gasteiger partial charge in [-0.25, -0.2) is 4.98 Å². The highest BCUT2D eigenvalue weighted by atomic mass is 32.1. The first-order valence-corrected chi connectivity index (χ1v) is 15.7. The Morgan fingerprint density at radius 2 is 1.60 bits per heavy atom. The minimum atomic E-state index is -0.971. The van der Waals surface area contributed by atoms with Crippen molar-refractivity contribution in [1.29, 1.82) is 0 Å². The molecule has 1 aliphatic rings. The molecule has 228 valence electrons. The van der Waals surface area contributed by atoms with Gasteiger partial charge in [-0.05, 0) is 73.5 Å². The fourth-order valence-corrected chi connectivity index (χ4v) is 6.21. The average molecular weight is 621 g/mol. The molecule has 6 rings (SSSR count). The molecule has 9 heteroatoms. The fourth-order valence-electron chi connectivity index (χ4n) is 5.19. The number of amides is 1. The average Bonchev–Trinajstić information content (AvgIpc) is 3.59. The number of nitrogens with zero attached hydrogens (tertiary/aromatic N) is 2. The summed E-state index contributed by atoms with van der Waals surface area (Å²) in [6.45, 7) is 5.03. The van der Waals surface area contributed by atoms with Gasteiger partial charge < -0.3 is 19.3 Å². The lowest BCUT2D eigenvalue weighted by atomic mass is 9.95. The monoisotopic (exact) mass is 620 g/mol. The Morgan fingerprint density at radius 3 is 2.40 bits per heavy atom. The summed E-state index contributed by atoms with van der Waals surface area (Å²) in [5, 5.41) is 12.0. The molecule has 0 saturated carbocycles. The van der Waals surface area contributed by atoms with Crippen LogP contribution in [-0.2, 0) is 9.59 Å². The number of fused-ring (bicyclic) bond motifs is 1. The van der Waals surface area contributed by atoms with Crippen LogP contribution < -0.4 is 19.1 Å². The number of rotatable bonds is 11. The van der Waals surface area contributed by atoms with E-state index >= 15 is 0 Å². The number of ketones is 1. The molecular weight excluding hydrogens is 588 g/mol. The fraction of sp³-hybridized carbons (Fsp3) is 0.194. The van der Waals surface area contributed by atoms with Crippen molar-refractivity contribution < 1.29 is 28.9 Å². The van der Waals surface area contributed by atoms with Gasteiger partial charge in [-0.15, -0.1) is 0 Å². The molecule has 1 fully saturated rings. The van der Waals surface area contributed by atoms with Crippen molar-refractivity contribution in [2.24, 2.45) is 0 Å². The summed E-state index contributed by atoms with van der Waals surface area (Å²) < 4.78 is 18.4. The molecule has 8 nitrogen and oxygen atoms in total. The Hall–Kier alpha value is -5.15. The second kappa shape index (κ2) is 13.2. The predicted octanol–water partition coefficient (Wildman–Crippen LogP) is 8.29. The number of Topliss-reactive ketones (excluding diaryl/α,β-unsaturated/α-hetero) is 1. The molecule has 4 aromatic carbocycles. The zero-order valence-corrected chi connectivity index (χ0v) is 25.8. The highest BCUT2D eigenvalue weighted by Crippen LogP contribution is 2.45. The Labute approximate surface area is 265 Å². The number of aliphatic hydroxyl groups is 1. The van der Waals surface area contributed by atoms with E-state index in [1.807, 2.05) is 55.5 Å². The van der Waals surface area contributed by atoms with Gasteiger partial charge in [-0.2, -0.15) is 0 Å².